The highest BCUT2D eigenvalue weighted by atomic mass is 16.6. The third-order valence-electron chi connectivity index (χ3n) is 12.3. The van der Waals surface area contributed by atoms with Crippen LogP contribution in [0.5, 0.6) is 0 Å². The van der Waals surface area contributed by atoms with Crippen LogP contribution in [-0.4, -0.2) is 37.2 Å². The van der Waals surface area contributed by atoms with Crippen LogP contribution in [0.1, 0.15) is 245 Å². The summed E-state index contributed by atoms with van der Waals surface area (Å²) in [6.45, 7) is 6.30. The zero-order valence-electron chi connectivity index (χ0n) is 48.7. The van der Waals surface area contributed by atoms with E-state index in [1.165, 1.54) is 51.4 Å². The van der Waals surface area contributed by atoms with Gasteiger partial charge in [0.25, 0.3) is 0 Å². The second-order valence-electron chi connectivity index (χ2n) is 19.5. The molecule has 0 saturated carbocycles. The molecule has 426 valence electrons. The van der Waals surface area contributed by atoms with E-state index in [1.54, 1.807) is 0 Å². The van der Waals surface area contributed by atoms with Crippen LogP contribution in [0.4, 0.5) is 0 Å². The average molecular weight is 1050 g/mol. The summed E-state index contributed by atoms with van der Waals surface area (Å²) in [5.74, 6) is -0.957. The summed E-state index contributed by atoms with van der Waals surface area (Å²) >= 11 is 0. The van der Waals surface area contributed by atoms with E-state index < -0.39 is 6.10 Å². The molecule has 0 radical (unpaired) electrons. The quantitative estimate of drug-likeness (QED) is 0.0261. The predicted molar refractivity (Wildman–Crippen MR) is 329 cm³/mol. The third-order valence-corrected chi connectivity index (χ3v) is 12.3. The number of hydrogen-bond acceptors (Lipinski definition) is 6. The Kier molecular flexibility index (Phi) is 58.5. The Balaban J connectivity index is 4.25. The monoisotopic (exact) mass is 1050 g/mol. The Morgan fingerprint density at radius 3 is 0.816 bits per heavy atom. The zero-order chi connectivity index (χ0) is 55.0. The lowest BCUT2D eigenvalue weighted by Crippen LogP contribution is -2.30. The minimum atomic E-state index is -0.801. The second-order valence-corrected chi connectivity index (χ2v) is 19.5. The SMILES string of the molecule is CC/C=C\C/C=C\C/C=C\C/C=C\C/C=C\C/C=C\C/C=C\C/C=C\C/C=C\CCCCCC(=O)OCC(COC(=O)CCCCCCCC)OC(=O)CCCCCCCCCC/C=C\C/C=C\C/C=C\C/C=C\CC. The number of esters is 3. The fourth-order valence-corrected chi connectivity index (χ4v) is 7.78. The molecular weight excluding hydrogens is 937 g/mol. The number of unbranched alkanes of at least 4 members (excludes halogenated alkanes) is 16. The van der Waals surface area contributed by atoms with Crippen LogP contribution < -0.4 is 0 Å². The van der Waals surface area contributed by atoms with Crippen molar-refractivity contribution in [3.63, 3.8) is 0 Å². The molecule has 0 rings (SSSR count). The molecule has 6 nitrogen and oxygen atoms in total. The molecule has 0 aliphatic heterocycles. The Bertz CT molecular complexity index is 1720. The third kappa shape index (κ3) is 59.9. The summed E-state index contributed by atoms with van der Waals surface area (Å²) in [6, 6.07) is 0. The molecule has 6 heteroatoms. The molecule has 0 fully saturated rings. The predicted octanol–water partition coefficient (Wildman–Crippen LogP) is 20.9. The van der Waals surface area contributed by atoms with Gasteiger partial charge in [-0.05, 0) is 128 Å². The van der Waals surface area contributed by atoms with E-state index in [4.69, 9.17) is 14.2 Å². The lowest BCUT2D eigenvalue weighted by molar-refractivity contribution is -0.167. The second kappa shape index (κ2) is 62.6. The fourth-order valence-electron chi connectivity index (χ4n) is 7.78. The van der Waals surface area contributed by atoms with E-state index in [9.17, 15) is 14.4 Å². The van der Waals surface area contributed by atoms with Crippen molar-refractivity contribution in [2.45, 2.75) is 252 Å². The largest absolute Gasteiger partial charge is 0.462 e. The standard InChI is InChI=1S/C70H110O6/c1-4-7-10-13-16-18-20-22-24-26-28-30-31-32-33-34-35-36-37-38-39-41-42-44-46-48-50-52-54-57-60-63-69(72)75-66-67(65-74-68(71)62-59-56-15-12-9-6-3)76-70(73)64-61-58-55-53-51-49-47-45-43-40-29-27-25-23-21-19-17-14-11-8-5-2/h7-8,10-11,16-19,22-25,28-30,32-33,35-36,38-40,42,44,48,50,67H,4-6,9,12-15,20-21,26-27,31,34,37,41,43,45-47,49,51-66H2,1-3H3/b10-7-,11-8-,18-16-,19-17-,24-22-,25-23-,30-28-,33-32-,36-35-,39-38-,40-29-,44-42-,50-48-. The van der Waals surface area contributed by atoms with E-state index in [0.717, 1.165) is 154 Å². The minimum absolute atomic E-state index is 0.0980. The van der Waals surface area contributed by atoms with Crippen LogP contribution in [0.15, 0.2) is 158 Å². The highest BCUT2D eigenvalue weighted by Crippen LogP contribution is 2.14. The average Bonchev–Trinajstić information content (AvgIpc) is 3.42. The van der Waals surface area contributed by atoms with Crippen LogP contribution in [0.3, 0.4) is 0 Å². The Hall–Kier alpha value is -4.97. The van der Waals surface area contributed by atoms with Gasteiger partial charge in [-0.2, -0.15) is 0 Å². The number of carbonyl (C=O) groups is 3. The molecule has 0 aliphatic rings. The maximum Gasteiger partial charge on any atom is 0.306 e. The van der Waals surface area contributed by atoms with Crippen LogP contribution in [0.2, 0.25) is 0 Å². The summed E-state index contributed by atoms with van der Waals surface area (Å²) in [5.41, 5.74) is 0. The summed E-state index contributed by atoms with van der Waals surface area (Å²) in [7, 11) is 0. The summed E-state index contributed by atoms with van der Waals surface area (Å²) in [6.07, 6.45) is 91.3. The number of hydrogen-bond donors (Lipinski definition) is 0. The van der Waals surface area contributed by atoms with E-state index in [-0.39, 0.29) is 31.1 Å². The molecule has 0 amide bonds. The molecule has 0 bridgehead atoms. The molecule has 0 N–H and O–H groups in total. The van der Waals surface area contributed by atoms with E-state index in [0.29, 0.717) is 19.3 Å². The Morgan fingerprint density at radius 1 is 0.276 bits per heavy atom. The molecule has 1 unspecified atom stereocenters. The van der Waals surface area contributed by atoms with Gasteiger partial charge in [0.05, 0.1) is 0 Å². The number of rotatable bonds is 53. The molecule has 0 saturated heterocycles. The van der Waals surface area contributed by atoms with Gasteiger partial charge < -0.3 is 14.2 Å². The smallest absolute Gasteiger partial charge is 0.306 e. The number of carbonyl (C=O) groups excluding carboxylic acids is 3. The van der Waals surface area contributed by atoms with Gasteiger partial charge in [-0.1, -0.05) is 256 Å². The van der Waals surface area contributed by atoms with Crippen molar-refractivity contribution in [1.82, 2.24) is 0 Å². The Morgan fingerprint density at radius 2 is 0.513 bits per heavy atom. The number of allylic oxidation sites excluding steroid dienone is 26. The molecule has 0 aromatic carbocycles. The highest BCUT2D eigenvalue weighted by molar-refractivity contribution is 5.71. The van der Waals surface area contributed by atoms with E-state index in [2.05, 4.69) is 179 Å². The first-order valence-corrected chi connectivity index (χ1v) is 30.5. The minimum Gasteiger partial charge on any atom is -0.462 e. The first kappa shape index (κ1) is 71.0. The number of ether oxygens (including phenoxy) is 3. The van der Waals surface area contributed by atoms with Crippen molar-refractivity contribution < 1.29 is 28.6 Å². The van der Waals surface area contributed by atoms with Crippen LogP contribution in [0.25, 0.3) is 0 Å². The molecule has 0 heterocycles. The molecule has 0 aromatic heterocycles. The van der Waals surface area contributed by atoms with Crippen molar-refractivity contribution in [2.24, 2.45) is 0 Å². The maximum absolute atomic E-state index is 12.8. The molecule has 1 atom stereocenters. The van der Waals surface area contributed by atoms with Gasteiger partial charge in [-0.25, -0.2) is 0 Å². The van der Waals surface area contributed by atoms with Crippen molar-refractivity contribution in [3.05, 3.63) is 158 Å². The van der Waals surface area contributed by atoms with Gasteiger partial charge in [-0.3, -0.25) is 14.4 Å². The van der Waals surface area contributed by atoms with Crippen molar-refractivity contribution in [2.75, 3.05) is 13.2 Å². The normalized spacial score (nSPS) is 13.2. The van der Waals surface area contributed by atoms with Crippen LogP contribution >= 0.6 is 0 Å². The Labute approximate surface area is 467 Å². The van der Waals surface area contributed by atoms with Crippen LogP contribution in [-0.2, 0) is 28.6 Å². The molecule has 76 heavy (non-hydrogen) atoms. The maximum atomic E-state index is 12.8. The summed E-state index contributed by atoms with van der Waals surface area (Å²) in [4.78, 5) is 38.0. The first-order chi connectivity index (χ1) is 37.5. The van der Waals surface area contributed by atoms with E-state index in [1.807, 2.05) is 0 Å². The van der Waals surface area contributed by atoms with Crippen molar-refractivity contribution >= 4 is 17.9 Å². The van der Waals surface area contributed by atoms with Gasteiger partial charge in [0.2, 0.25) is 0 Å². The molecule has 0 spiro atoms. The lowest BCUT2D eigenvalue weighted by Gasteiger charge is -2.18. The van der Waals surface area contributed by atoms with Crippen molar-refractivity contribution in [3.8, 4) is 0 Å². The first-order valence-electron chi connectivity index (χ1n) is 30.5. The molecule has 0 aliphatic carbocycles. The van der Waals surface area contributed by atoms with Crippen LogP contribution in [0, 0.1) is 0 Å². The van der Waals surface area contributed by atoms with Gasteiger partial charge in [0.1, 0.15) is 13.2 Å². The topological polar surface area (TPSA) is 78.9 Å². The van der Waals surface area contributed by atoms with E-state index >= 15 is 0 Å². The van der Waals surface area contributed by atoms with Gasteiger partial charge in [0.15, 0.2) is 6.10 Å². The lowest BCUT2D eigenvalue weighted by atomic mass is 10.1. The molecule has 0 aromatic rings. The van der Waals surface area contributed by atoms with Crippen molar-refractivity contribution in [1.29, 1.82) is 0 Å². The molecular formula is C70H110O6. The summed E-state index contributed by atoms with van der Waals surface area (Å²) in [5, 5.41) is 0. The zero-order valence-corrected chi connectivity index (χ0v) is 48.7. The van der Waals surface area contributed by atoms with Gasteiger partial charge >= 0.3 is 17.9 Å². The fraction of sp³-hybridized carbons (Fsp3) is 0.586. The summed E-state index contributed by atoms with van der Waals surface area (Å²) < 4.78 is 16.7. The van der Waals surface area contributed by atoms with Gasteiger partial charge in [-0.15, -0.1) is 0 Å². The highest BCUT2D eigenvalue weighted by Gasteiger charge is 2.19. The van der Waals surface area contributed by atoms with Gasteiger partial charge in [0, 0.05) is 19.3 Å².